The van der Waals surface area contributed by atoms with Crippen molar-refractivity contribution in [1.29, 1.82) is 0 Å². The Hall–Kier alpha value is -1.92. The molecule has 0 bridgehead atoms. The molecule has 2 aromatic rings. The number of piperidine rings is 1. The second-order valence-electron chi connectivity index (χ2n) is 7.21. The van der Waals surface area contributed by atoms with E-state index in [9.17, 15) is 4.79 Å². The highest BCUT2D eigenvalue weighted by atomic mass is 35.5. The van der Waals surface area contributed by atoms with E-state index >= 15 is 0 Å². The Labute approximate surface area is 158 Å². The van der Waals surface area contributed by atoms with Gasteiger partial charge in [-0.2, -0.15) is 4.98 Å². The van der Waals surface area contributed by atoms with Crippen LogP contribution in [0.2, 0.25) is 5.02 Å². The zero-order valence-electron chi connectivity index (χ0n) is 15.1. The van der Waals surface area contributed by atoms with E-state index in [0.717, 1.165) is 38.0 Å². The quantitative estimate of drug-likeness (QED) is 0.775. The number of nitrogens with one attached hydrogen (secondary N) is 2. The average Bonchev–Trinajstić information content (AvgIpc) is 3.10. The summed E-state index contributed by atoms with van der Waals surface area (Å²) in [7, 11) is 0. The summed E-state index contributed by atoms with van der Waals surface area (Å²) in [4.78, 5) is 16.4. The predicted octanol–water partition coefficient (Wildman–Crippen LogP) is 3.22. The van der Waals surface area contributed by atoms with Crippen molar-refractivity contribution in [3.63, 3.8) is 0 Å². The van der Waals surface area contributed by atoms with E-state index in [1.807, 2.05) is 12.1 Å². The normalized spacial score (nSPS) is 16.4. The van der Waals surface area contributed by atoms with Gasteiger partial charge in [-0.05, 0) is 62.0 Å². The average molecular weight is 377 g/mol. The molecule has 1 aliphatic heterocycles. The van der Waals surface area contributed by atoms with E-state index in [-0.39, 0.29) is 11.3 Å². The molecule has 1 aliphatic rings. The molecule has 26 heavy (non-hydrogen) atoms. The molecule has 1 aromatic heterocycles. The van der Waals surface area contributed by atoms with Crippen molar-refractivity contribution >= 4 is 17.5 Å². The molecular weight excluding hydrogens is 352 g/mol. The summed E-state index contributed by atoms with van der Waals surface area (Å²) < 4.78 is 5.27. The second kappa shape index (κ2) is 8.64. The number of carbonyl (C=O) groups is 1. The SMILES string of the molecule is CC1(CNC(=O)CCCc2nc(-c3ccc(Cl)cc3)no2)CCNCC1. The van der Waals surface area contributed by atoms with Crippen molar-refractivity contribution in [1.82, 2.24) is 20.8 Å². The molecule has 0 saturated carbocycles. The molecule has 1 aromatic carbocycles. The van der Waals surface area contributed by atoms with Crippen LogP contribution < -0.4 is 10.6 Å². The lowest BCUT2D eigenvalue weighted by atomic mass is 9.81. The summed E-state index contributed by atoms with van der Waals surface area (Å²) in [5, 5.41) is 11.1. The molecule has 0 atom stereocenters. The Morgan fingerprint density at radius 1 is 1.31 bits per heavy atom. The van der Waals surface area contributed by atoms with Gasteiger partial charge >= 0.3 is 0 Å². The molecule has 1 saturated heterocycles. The Balaban J connectivity index is 1.40. The van der Waals surface area contributed by atoms with Crippen molar-refractivity contribution in [3.05, 3.63) is 35.2 Å². The third-order valence-electron chi connectivity index (χ3n) is 4.89. The first-order valence-electron chi connectivity index (χ1n) is 9.10. The highest BCUT2D eigenvalue weighted by Gasteiger charge is 2.26. The number of nitrogens with zero attached hydrogens (tertiary/aromatic N) is 2. The zero-order valence-corrected chi connectivity index (χ0v) is 15.8. The summed E-state index contributed by atoms with van der Waals surface area (Å²) in [5.74, 6) is 1.18. The highest BCUT2D eigenvalue weighted by molar-refractivity contribution is 6.30. The van der Waals surface area contributed by atoms with Crippen LogP contribution in [0.3, 0.4) is 0 Å². The van der Waals surface area contributed by atoms with E-state index < -0.39 is 0 Å². The van der Waals surface area contributed by atoms with Crippen molar-refractivity contribution in [2.45, 2.75) is 39.0 Å². The number of aromatic nitrogens is 2. The van der Waals surface area contributed by atoms with Crippen LogP contribution in [0.4, 0.5) is 0 Å². The molecule has 1 amide bonds. The Morgan fingerprint density at radius 3 is 2.77 bits per heavy atom. The van der Waals surface area contributed by atoms with Crippen LogP contribution in [0, 0.1) is 5.41 Å². The molecule has 3 rings (SSSR count). The molecule has 0 aliphatic carbocycles. The number of hydrogen-bond donors (Lipinski definition) is 2. The smallest absolute Gasteiger partial charge is 0.226 e. The second-order valence-corrected chi connectivity index (χ2v) is 7.65. The molecular formula is C19H25ClN4O2. The number of benzene rings is 1. The van der Waals surface area contributed by atoms with Crippen LogP contribution in [-0.2, 0) is 11.2 Å². The van der Waals surface area contributed by atoms with Gasteiger partial charge < -0.3 is 15.2 Å². The first-order valence-corrected chi connectivity index (χ1v) is 9.48. The fourth-order valence-corrected chi connectivity index (χ4v) is 3.21. The van der Waals surface area contributed by atoms with Crippen molar-refractivity contribution < 1.29 is 9.32 Å². The number of halogens is 1. The van der Waals surface area contributed by atoms with Crippen LogP contribution in [0.5, 0.6) is 0 Å². The first kappa shape index (κ1) is 18.9. The lowest BCUT2D eigenvalue weighted by Crippen LogP contribution is -2.42. The van der Waals surface area contributed by atoms with E-state index in [0.29, 0.717) is 36.0 Å². The summed E-state index contributed by atoms with van der Waals surface area (Å²) in [6.45, 7) is 5.04. The molecule has 0 spiro atoms. The van der Waals surface area contributed by atoms with Gasteiger partial charge in [0.1, 0.15) is 0 Å². The summed E-state index contributed by atoms with van der Waals surface area (Å²) in [6, 6.07) is 7.29. The van der Waals surface area contributed by atoms with Crippen LogP contribution in [-0.4, -0.2) is 35.7 Å². The fourth-order valence-electron chi connectivity index (χ4n) is 3.08. The number of amides is 1. The molecule has 140 valence electrons. The number of rotatable bonds is 7. The number of hydrogen-bond acceptors (Lipinski definition) is 5. The minimum Gasteiger partial charge on any atom is -0.356 e. The van der Waals surface area contributed by atoms with Gasteiger partial charge in [0.2, 0.25) is 17.6 Å². The van der Waals surface area contributed by atoms with E-state index in [4.69, 9.17) is 16.1 Å². The molecule has 1 fully saturated rings. The third kappa shape index (κ3) is 5.29. The lowest BCUT2D eigenvalue weighted by molar-refractivity contribution is -0.121. The Bertz CT molecular complexity index is 723. The minimum absolute atomic E-state index is 0.0854. The van der Waals surface area contributed by atoms with Crippen LogP contribution in [0.25, 0.3) is 11.4 Å². The predicted molar refractivity (Wildman–Crippen MR) is 101 cm³/mol. The molecule has 0 radical (unpaired) electrons. The van der Waals surface area contributed by atoms with Gasteiger partial charge in [0.25, 0.3) is 0 Å². The molecule has 6 nitrogen and oxygen atoms in total. The van der Waals surface area contributed by atoms with Crippen molar-refractivity contribution in [2.24, 2.45) is 5.41 Å². The maximum Gasteiger partial charge on any atom is 0.226 e. The molecule has 2 N–H and O–H groups in total. The van der Waals surface area contributed by atoms with Gasteiger partial charge in [-0.1, -0.05) is 23.7 Å². The Morgan fingerprint density at radius 2 is 2.04 bits per heavy atom. The van der Waals surface area contributed by atoms with Crippen molar-refractivity contribution in [3.8, 4) is 11.4 Å². The van der Waals surface area contributed by atoms with E-state index in [1.165, 1.54) is 0 Å². The van der Waals surface area contributed by atoms with E-state index in [1.54, 1.807) is 12.1 Å². The van der Waals surface area contributed by atoms with Gasteiger partial charge in [-0.15, -0.1) is 0 Å². The van der Waals surface area contributed by atoms with Gasteiger partial charge in [0, 0.05) is 30.0 Å². The molecule has 0 unspecified atom stereocenters. The summed E-state index contributed by atoms with van der Waals surface area (Å²) >= 11 is 5.88. The van der Waals surface area contributed by atoms with Crippen molar-refractivity contribution in [2.75, 3.05) is 19.6 Å². The topological polar surface area (TPSA) is 80.1 Å². The fraction of sp³-hybridized carbons (Fsp3) is 0.526. The Kier molecular flexibility index (Phi) is 6.27. The van der Waals surface area contributed by atoms with E-state index in [2.05, 4.69) is 27.7 Å². The maximum atomic E-state index is 12.1. The van der Waals surface area contributed by atoms with Crippen LogP contribution in [0.15, 0.2) is 28.8 Å². The molecule has 7 heteroatoms. The highest BCUT2D eigenvalue weighted by Crippen LogP contribution is 2.26. The molecule has 2 heterocycles. The van der Waals surface area contributed by atoms with Crippen LogP contribution in [0.1, 0.15) is 38.5 Å². The van der Waals surface area contributed by atoms with Gasteiger partial charge in [0.05, 0.1) is 0 Å². The van der Waals surface area contributed by atoms with Gasteiger partial charge in [0.15, 0.2) is 0 Å². The first-order chi connectivity index (χ1) is 12.5. The number of carbonyl (C=O) groups excluding carboxylic acids is 1. The minimum atomic E-state index is 0.0854. The maximum absolute atomic E-state index is 12.1. The van der Waals surface area contributed by atoms with Gasteiger partial charge in [-0.25, -0.2) is 0 Å². The summed E-state index contributed by atoms with van der Waals surface area (Å²) in [6.07, 6.45) is 3.94. The zero-order chi connectivity index (χ0) is 18.4. The van der Waals surface area contributed by atoms with Crippen LogP contribution >= 0.6 is 11.6 Å². The third-order valence-corrected chi connectivity index (χ3v) is 5.14. The number of aryl methyl sites for hydroxylation is 1. The monoisotopic (exact) mass is 376 g/mol. The largest absolute Gasteiger partial charge is 0.356 e. The lowest BCUT2D eigenvalue weighted by Gasteiger charge is -2.34. The van der Waals surface area contributed by atoms with Gasteiger partial charge in [-0.3, -0.25) is 4.79 Å². The summed E-state index contributed by atoms with van der Waals surface area (Å²) in [5.41, 5.74) is 1.07. The standard InChI is InChI=1S/C19H25ClN4O2/c1-19(9-11-21-12-10-19)13-22-16(25)3-2-4-17-23-18(24-26-17)14-5-7-15(20)8-6-14/h5-8,21H,2-4,9-13H2,1H3,(H,22,25).